The summed E-state index contributed by atoms with van der Waals surface area (Å²) in [7, 11) is 1.67. The van der Waals surface area contributed by atoms with Crippen LogP contribution in [-0.2, 0) is 11.3 Å². The minimum absolute atomic E-state index is 0.295. The highest BCUT2D eigenvalue weighted by Gasteiger charge is 2.22. The van der Waals surface area contributed by atoms with Gasteiger partial charge < -0.3 is 14.2 Å². The van der Waals surface area contributed by atoms with Gasteiger partial charge in [0.25, 0.3) is 0 Å². The van der Waals surface area contributed by atoms with Crippen LogP contribution in [0.2, 0.25) is 0 Å². The SMILES string of the molecule is CCOc1cc(CN2C[C@@H](C)O[C@H](C)C2)ccc1OC. The summed E-state index contributed by atoms with van der Waals surface area (Å²) < 4.78 is 16.7. The topological polar surface area (TPSA) is 30.9 Å². The summed E-state index contributed by atoms with van der Waals surface area (Å²) in [6.07, 6.45) is 0.590. The third-order valence-electron chi connectivity index (χ3n) is 3.43. The summed E-state index contributed by atoms with van der Waals surface area (Å²) >= 11 is 0. The first-order valence-corrected chi connectivity index (χ1v) is 7.30. The van der Waals surface area contributed by atoms with E-state index in [1.54, 1.807) is 7.11 Å². The number of benzene rings is 1. The first-order chi connectivity index (χ1) is 9.62. The van der Waals surface area contributed by atoms with E-state index >= 15 is 0 Å². The van der Waals surface area contributed by atoms with Crippen LogP contribution in [0.5, 0.6) is 11.5 Å². The molecule has 4 heteroatoms. The van der Waals surface area contributed by atoms with Gasteiger partial charge in [0.15, 0.2) is 11.5 Å². The summed E-state index contributed by atoms with van der Waals surface area (Å²) in [5.41, 5.74) is 1.25. The van der Waals surface area contributed by atoms with E-state index < -0.39 is 0 Å². The van der Waals surface area contributed by atoms with Gasteiger partial charge in [-0.3, -0.25) is 4.90 Å². The van der Waals surface area contributed by atoms with Gasteiger partial charge in [-0.05, 0) is 38.5 Å². The first-order valence-electron chi connectivity index (χ1n) is 7.30. The molecular weight excluding hydrogens is 254 g/mol. The average molecular weight is 279 g/mol. The molecule has 0 amide bonds. The lowest BCUT2D eigenvalue weighted by atomic mass is 10.1. The van der Waals surface area contributed by atoms with Gasteiger partial charge in [-0.25, -0.2) is 0 Å². The number of hydrogen-bond acceptors (Lipinski definition) is 4. The van der Waals surface area contributed by atoms with E-state index in [1.165, 1.54) is 5.56 Å². The predicted octanol–water partition coefficient (Wildman–Crippen LogP) is 2.70. The van der Waals surface area contributed by atoms with Gasteiger partial charge in [-0.1, -0.05) is 6.07 Å². The van der Waals surface area contributed by atoms with E-state index in [9.17, 15) is 0 Å². The molecule has 0 saturated carbocycles. The van der Waals surface area contributed by atoms with Gasteiger partial charge in [0, 0.05) is 19.6 Å². The van der Waals surface area contributed by atoms with Crippen molar-refractivity contribution in [2.75, 3.05) is 26.8 Å². The molecule has 1 aliphatic rings. The second-order valence-corrected chi connectivity index (χ2v) is 5.37. The Labute approximate surface area is 121 Å². The molecule has 1 aliphatic heterocycles. The number of hydrogen-bond donors (Lipinski definition) is 0. The lowest BCUT2D eigenvalue weighted by Crippen LogP contribution is -2.44. The van der Waals surface area contributed by atoms with Gasteiger partial charge in [-0.15, -0.1) is 0 Å². The van der Waals surface area contributed by atoms with Crippen LogP contribution in [0.15, 0.2) is 18.2 Å². The van der Waals surface area contributed by atoms with Crippen LogP contribution in [0.4, 0.5) is 0 Å². The average Bonchev–Trinajstić information content (AvgIpc) is 2.38. The standard InChI is InChI=1S/C16H25NO3/c1-5-19-16-8-14(6-7-15(16)18-4)11-17-9-12(2)20-13(3)10-17/h6-8,12-13H,5,9-11H2,1-4H3/t12-,13-/m1/s1. The van der Waals surface area contributed by atoms with Crippen molar-refractivity contribution in [3.05, 3.63) is 23.8 Å². The quantitative estimate of drug-likeness (QED) is 0.829. The fourth-order valence-corrected chi connectivity index (χ4v) is 2.76. The van der Waals surface area contributed by atoms with Crippen molar-refractivity contribution < 1.29 is 14.2 Å². The Bertz CT molecular complexity index is 426. The lowest BCUT2D eigenvalue weighted by molar-refractivity contribution is -0.0705. The Kier molecular flexibility index (Phi) is 5.26. The summed E-state index contributed by atoms with van der Waals surface area (Å²) in [6, 6.07) is 6.16. The molecule has 0 radical (unpaired) electrons. The fraction of sp³-hybridized carbons (Fsp3) is 0.625. The van der Waals surface area contributed by atoms with Gasteiger partial charge in [-0.2, -0.15) is 0 Å². The Hall–Kier alpha value is -1.26. The van der Waals surface area contributed by atoms with Crippen LogP contribution in [0.25, 0.3) is 0 Å². The molecule has 1 heterocycles. The number of morpholine rings is 1. The number of methoxy groups -OCH3 is 1. The molecular formula is C16H25NO3. The van der Waals surface area contributed by atoms with Gasteiger partial charge in [0.1, 0.15) is 0 Å². The molecule has 1 saturated heterocycles. The molecule has 1 fully saturated rings. The summed E-state index contributed by atoms with van der Waals surface area (Å²) in [4.78, 5) is 2.43. The third-order valence-corrected chi connectivity index (χ3v) is 3.43. The van der Waals surface area contributed by atoms with Crippen molar-refractivity contribution in [3.8, 4) is 11.5 Å². The highest BCUT2D eigenvalue weighted by atomic mass is 16.5. The van der Waals surface area contributed by atoms with Crippen molar-refractivity contribution >= 4 is 0 Å². The van der Waals surface area contributed by atoms with Gasteiger partial charge in [0.2, 0.25) is 0 Å². The van der Waals surface area contributed by atoms with E-state index in [4.69, 9.17) is 14.2 Å². The van der Waals surface area contributed by atoms with E-state index in [1.807, 2.05) is 13.0 Å². The third kappa shape index (κ3) is 3.87. The maximum atomic E-state index is 5.77. The Morgan fingerprint density at radius 2 is 1.90 bits per heavy atom. The largest absolute Gasteiger partial charge is 0.493 e. The monoisotopic (exact) mass is 279 g/mol. The molecule has 20 heavy (non-hydrogen) atoms. The number of ether oxygens (including phenoxy) is 3. The van der Waals surface area contributed by atoms with Crippen molar-refractivity contribution in [1.29, 1.82) is 0 Å². The van der Waals surface area contributed by atoms with Crippen LogP contribution in [-0.4, -0.2) is 43.9 Å². The highest BCUT2D eigenvalue weighted by molar-refractivity contribution is 5.42. The normalized spacial score (nSPS) is 23.6. The molecule has 0 aromatic heterocycles. The molecule has 1 aromatic rings. The zero-order chi connectivity index (χ0) is 14.5. The minimum Gasteiger partial charge on any atom is -0.493 e. The first kappa shape index (κ1) is 15.1. The summed E-state index contributed by atoms with van der Waals surface area (Å²) in [6.45, 7) is 9.75. The highest BCUT2D eigenvalue weighted by Crippen LogP contribution is 2.28. The molecule has 2 atom stereocenters. The van der Waals surface area contributed by atoms with Crippen molar-refractivity contribution in [1.82, 2.24) is 4.90 Å². The zero-order valence-corrected chi connectivity index (χ0v) is 12.9. The molecule has 112 valence electrons. The van der Waals surface area contributed by atoms with E-state index in [-0.39, 0.29) is 0 Å². The summed E-state index contributed by atoms with van der Waals surface area (Å²) in [5, 5.41) is 0. The molecule has 1 aromatic carbocycles. The summed E-state index contributed by atoms with van der Waals surface area (Å²) in [5.74, 6) is 1.61. The Morgan fingerprint density at radius 1 is 1.20 bits per heavy atom. The Morgan fingerprint density at radius 3 is 2.50 bits per heavy atom. The Balaban J connectivity index is 2.07. The van der Waals surface area contributed by atoms with Crippen LogP contribution in [0, 0.1) is 0 Å². The molecule has 4 nitrogen and oxygen atoms in total. The molecule has 0 N–H and O–H groups in total. The molecule has 0 spiro atoms. The maximum Gasteiger partial charge on any atom is 0.161 e. The molecule has 0 aliphatic carbocycles. The lowest BCUT2D eigenvalue weighted by Gasteiger charge is -2.35. The minimum atomic E-state index is 0.295. The van der Waals surface area contributed by atoms with Crippen molar-refractivity contribution in [2.45, 2.75) is 39.5 Å². The smallest absolute Gasteiger partial charge is 0.161 e. The van der Waals surface area contributed by atoms with Crippen LogP contribution < -0.4 is 9.47 Å². The van der Waals surface area contributed by atoms with E-state index in [0.717, 1.165) is 31.1 Å². The fourth-order valence-electron chi connectivity index (χ4n) is 2.76. The number of nitrogens with zero attached hydrogens (tertiary/aromatic N) is 1. The predicted molar refractivity (Wildman–Crippen MR) is 79.4 cm³/mol. The van der Waals surface area contributed by atoms with E-state index in [0.29, 0.717) is 18.8 Å². The molecule has 0 unspecified atom stereocenters. The molecule has 2 rings (SSSR count). The zero-order valence-electron chi connectivity index (χ0n) is 12.9. The number of rotatable bonds is 5. The van der Waals surface area contributed by atoms with Crippen LogP contribution in [0.1, 0.15) is 26.3 Å². The van der Waals surface area contributed by atoms with Gasteiger partial charge in [0.05, 0.1) is 25.9 Å². The van der Waals surface area contributed by atoms with Gasteiger partial charge >= 0.3 is 0 Å². The van der Waals surface area contributed by atoms with Crippen LogP contribution in [0.3, 0.4) is 0 Å². The van der Waals surface area contributed by atoms with Crippen molar-refractivity contribution in [3.63, 3.8) is 0 Å². The second kappa shape index (κ2) is 6.95. The van der Waals surface area contributed by atoms with E-state index in [2.05, 4.69) is 30.9 Å². The van der Waals surface area contributed by atoms with Crippen molar-refractivity contribution in [2.24, 2.45) is 0 Å². The second-order valence-electron chi connectivity index (χ2n) is 5.37. The van der Waals surface area contributed by atoms with Crippen LogP contribution >= 0.6 is 0 Å². The molecule has 0 bridgehead atoms. The maximum absolute atomic E-state index is 5.77.